The summed E-state index contributed by atoms with van der Waals surface area (Å²) in [7, 11) is 4.10. The third-order valence-electron chi connectivity index (χ3n) is 4.73. The van der Waals surface area contributed by atoms with Gasteiger partial charge in [-0.1, -0.05) is 18.2 Å². The van der Waals surface area contributed by atoms with Gasteiger partial charge in [-0.15, -0.1) is 0 Å². The van der Waals surface area contributed by atoms with Crippen LogP contribution < -0.4 is 10.2 Å². The van der Waals surface area contributed by atoms with E-state index in [0.717, 1.165) is 44.0 Å². The summed E-state index contributed by atoms with van der Waals surface area (Å²) in [5, 5.41) is 13.5. The minimum absolute atomic E-state index is 0.674. The largest absolute Gasteiger partial charge is 0.386 e. The zero-order valence-corrected chi connectivity index (χ0v) is 16.2. The topological polar surface area (TPSA) is 64.5 Å². The summed E-state index contributed by atoms with van der Waals surface area (Å²) in [5.74, 6) is 1.62. The number of hydrogen-bond acceptors (Lipinski definition) is 6. The average molecular weight is 355 g/mol. The zero-order chi connectivity index (χ0) is 18.7. The Morgan fingerprint density at radius 1 is 1.23 bits per heavy atom. The van der Waals surface area contributed by atoms with Gasteiger partial charge in [0.2, 0.25) is 5.95 Å². The summed E-state index contributed by atoms with van der Waals surface area (Å²) < 4.78 is 0. The van der Waals surface area contributed by atoms with Crippen molar-refractivity contribution in [1.29, 1.82) is 0 Å². The van der Waals surface area contributed by atoms with Crippen LogP contribution in [0.1, 0.15) is 30.5 Å². The van der Waals surface area contributed by atoms with Gasteiger partial charge in [-0.25, -0.2) is 4.98 Å². The first-order valence-corrected chi connectivity index (χ1v) is 9.14. The van der Waals surface area contributed by atoms with Crippen LogP contribution in [0.15, 0.2) is 30.5 Å². The fourth-order valence-electron chi connectivity index (χ4n) is 3.13. The molecule has 2 N–H and O–H groups in total. The van der Waals surface area contributed by atoms with Crippen molar-refractivity contribution in [2.75, 3.05) is 43.9 Å². The molecule has 1 aromatic carbocycles. The van der Waals surface area contributed by atoms with E-state index >= 15 is 0 Å². The molecule has 0 amide bonds. The number of hydrogen-bond donors (Lipinski definition) is 2. The Morgan fingerprint density at radius 2 is 2.04 bits per heavy atom. The van der Waals surface area contributed by atoms with E-state index in [2.05, 4.69) is 37.2 Å². The van der Waals surface area contributed by atoms with Crippen molar-refractivity contribution in [2.45, 2.75) is 32.4 Å². The molecule has 6 nitrogen and oxygen atoms in total. The zero-order valence-electron chi connectivity index (χ0n) is 16.2. The lowest BCUT2D eigenvalue weighted by Crippen LogP contribution is -2.31. The highest BCUT2D eigenvalue weighted by Crippen LogP contribution is 2.28. The third kappa shape index (κ3) is 4.51. The second-order valence-corrected chi connectivity index (χ2v) is 7.68. The van der Waals surface area contributed by atoms with Gasteiger partial charge in [0.25, 0.3) is 0 Å². The van der Waals surface area contributed by atoms with Crippen molar-refractivity contribution >= 4 is 11.8 Å². The fourth-order valence-corrected chi connectivity index (χ4v) is 3.13. The van der Waals surface area contributed by atoms with E-state index in [1.807, 2.05) is 46.3 Å². The van der Waals surface area contributed by atoms with Crippen LogP contribution in [0, 0.1) is 0 Å². The van der Waals surface area contributed by atoms with Crippen molar-refractivity contribution in [3.63, 3.8) is 0 Å². The van der Waals surface area contributed by atoms with Gasteiger partial charge in [-0.3, -0.25) is 0 Å². The summed E-state index contributed by atoms with van der Waals surface area (Å²) in [4.78, 5) is 13.4. The second-order valence-electron chi connectivity index (χ2n) is 7.68. The number of fused-ring (bicyclic) bond motifs is 1. The Kier molecular flexibility index (Phi) is 5.44. The van der Waals surface area contributed by atoms with Gasteiger partial charge in [-0.2, -0.15) is 4.98 Å². The summed E-state index contributed by atoms with van der Waals surface area (Å²) in [6, 6.07) is 8.26. The minimum atomic E-state index is -0.800. The number of anilines is 2. The molecule has 0 fully saturated rings. The molecular formula is C20H29N5O. The fraction of sp³-hybridized carbons (Fsp3) is 0.500. The predicted octanol–water partition coefficient (Wildman–Crippen LogP) is 2.24. The average Bonchev–Trinajstić information content (AvgIpc) is 2.60. The number of rotatable bonds is 6. The molecule has 26 heavy (non-hydrogen) atoms. The highest BCUT2D eigenvalue weighted by atomic mass is 16.3. The molecule has 0 saturated heterocycles. The Bertz CT molecular complexity index is 754. The molecule has 140 valence electrons. The van der Waals surface area contributed by atoms with E-state index in [1.165, 1.54) is 11.1 Å². The normalized spacial score (nSPS) is 14.5. The van der Waals surface area contributed by atoms with Crippen molar-refractivity contribution in [1.82, 2.24) is 14.9 Å². The standard InChI is InChI=1S/C20H29N5O/c1-20(2,26)17-6-5-16-14-25(11-8-15(16)13-17)18-7-9-21-19(23-18)22-10-12-24(3)4/h5-7,9,13,26H,8,10-12,14H2,1-4H3,(H,21,22,23). The smallest absolute Gasteiger partial charge is 0.224 e. The molecule has 0 bridgehead atoms. The van der Waals surface area contributed by atoms with Crippen LogP contribution in [-0.4, -0.2) is 53.7 Å². The maximum atomic E-state index is 10.2. The Balaban J connectivity index is 1.71. The van der Waals surface area contributed by atoms with E-state index in [4.69, 9.17) is 0 Å². The highest BCUT2D eigenvalue weighted by Gasteiger charge is 2.22. The predicted molar refractivity (Wildman–Crippen MR) is 106 cm³/mol. The lowest BCUT2D eigenvalue weighted by atomic mass is 9.91. The van der Waals surface area contributed by atoms with Gasteiger partial charge in [-0.05, 0) is 57.1 Å². The number of aliphatic hydroxyl groups is 1. The van der Waals surface area contributed by atoms with Gasteiger partial charge < -0.3 is 20.2 Å². The third-order valence-corrected chi connectivity index (χ3v) is 4.73. The number of nitrogens with one attached hydrogen (secondary N) is 1. The Morgan fingerprint density at radius 3 is 2.77 bits per heavy atom. The quantitative estimate of drug-likeness (QED) is 0.829. The first kappa shape index (κ1) is 18.6. The number of benzene rings is 1. The van der Waals surface area contributed by atoms with E-state index in [0.29, 0.717) is 5.95 Å². The van der Waals surface area contributed by atoms with Crippen LogP contribution in [-0.2, 0) is 18.6 Å². The minimum Gasteiger partial charge on any atom is -0.386 e. The summed E-state index contributed by atoms with van der Waals surface area (Å²) in [5.41, 5.74) is 2.79. The van der Waals surface area contributed by atoms with Crippen LogP contribution >= 0.6 is 0 Å². The van der Waals surface area contributed by atoms with E-state index in [9.17, 15) is 5.11 Å². The molecule has 1 aromatic heterocycles. The van der Waals surface area contributed by atoms with Gasteiger partial charge in [0.05, 0.1) is 5.60 Å². The maximum Gasteiger partial charge on any atom is 0.224 e. The molecule has 1 aliphatic heterocycles. The number of likely N-dealkylation sites (N-methyl/N-ethyl adjacent to an activating group) is 1. The van der Waals surface area contributed by atoms with E-state index in [-0.39, 0.29) is 0 Å². The van der Waals surface area contributed by atoms with Gasteiger partial charge in [0.15, 0.2) is 0 Å². The first-order valence-electron chi connectivity index (χ1n) is 9.14. The molecule has 0 aliphatic carbocycles. The molecule has 1 aliphatic rings. The lowest BCUT2D eigenvalue weighted by molar-refractivity contribution is 0.0785. The molecule has 0 unspecified atom stereocenters. The SMILES string of the molecule is CN(C)CCNc1nccc(N2CCc3cc(C(C)(C)O)ccc3C2)n1. The molecule has 6 heteroatoms. The van der Waals surface area contributed by atoms with Gasteiger partial charge in [0, 0.05) is 32.4 Å². The van der Waals surface area contributed by atoms with Crippen LogP contribution in [0.25, 0.3) is 0 Å². The highest BCUT2D eigenvalue weighted by molar-refractivity contribution is 5.47. The van der Waals surface area contributed by atoms with Crippen LogP contribution in [0.2, 0.25) is 0 Å². The molecule has 0 radical (unpaired) electrons. The first-order chi connectivity index (χ1) is 12.3. The maximum absolute atomic E-state index is 10.2. The second kappa shape index (κ2) is 7.60. The Hall–Kier alpha value is -2.18. The molecular weight excluding hydrogens is 326 g/mol. The van der Waals surface area contributed by atoms with E-state index < -0.39 is 5.60 Å². The molecule has 2 heterocycles. The van der Waals surface area contributed by atoms with Gasteiger partial charge in [0.1, 0.15) is 5.82 Å². The van der Waals surface area contributed by atoms with Crippen LogP contribution in [0.4, 0.5) is 11.8 Å². The van der Waals surface area contributed by atoms with Crippen molar-refractivity contribution < 1.29 is 5.11 Å². The van der Waals surface area contributed by atoms with Crippen LogP contribution in [0.5, 0.6) is 0 Å². The summed E-state index contributed by atoms with van der Waals surface area (Å²) >= 11 is 0. The van der Waals surface area contributed by atoms with Crippen molar-refractivity contribution in [2.24, 2.45) is 0 Å². The van der Waals surface area contributed by atoms with Gasteiger partial charge >= 0.3 is 0 Å². The van der Waals surface area contributed by atoms with E-state index in [1.54, 1.807) is 0 Å². The molecule has 3 rings (SSSR count). The summed E-state index contributed by atoms with van der Waals surface area (Å²) in [6.45, 7) is 7.16. The van der Waals surface area contributed by atoms with Crippen molar-refractivity contribution in [3.8, 4) is 0 Å². The lowest BCUT2D eigenvalue weighted by Gasteiger charge is -2.31. The Labute approximate surface area is 155 Å². The molecule has 0 saturated carbocycles. The summed E-state index contributed by atoms with van der Waals surface area (Å²) in [6.07, 6.45) is 2.76. The molecule has 0 spiro atoms. The van der Waals surface area contributed by atoms with Crippen LogP contribution in [0.3, 0.4) is 0 Å². The number of aromatic nitrogens is 2. The van der Waals surface area contributed by atoms with Crippen molar-refractivity contribution in [3.05, 3.63) is 47.2 Å². The molecule has 2 aromatic rings. The molecule has 0 atom stereocenters. The monoisotopic (exact) mass is 355 g/mol. The number of nitrogens with zero attached hydrogens (tertiary/aromatic N) is 4.